The Hall–Kier alpha value is -2.39. The molecule has 2 heterocycles. The normalized spacial score (nSPS) is 13.1. The Morgan fingerprint density at radius 1 is 0.780 bits per heavy atom. The van der Waals surface area contributed by atoms with E-state index in [0.29, 0.717) is 25.4 Å². The first kappa shape index (κ1) is 34.8. The first-order chi connectivity index (χ1) is 18.9. The van der Waals surface area contributed by atoms with Crippen LogP contribution in [0, 0.1) is 10.8 Å². The van der Waals surface area contributed by atoms with E-state index < -0.39 is 5.60 Å². The third-order valence-corrected chi connectivity index (χ3v) is 7.57. The molecule has 0 saturated carbocycles. The number of nitrogens with zero attached hydrogens (tertiary/aromatic N) is 6. The molecule has 0 amide bonds. The van der Waals surface area contributed by atoms with E-state index >= 15 is 0 Å². The molecule has 0 fully saturated rings. The summed E-state index contributed by atoms with van der Waals surface area (Å²) >= 11 is 0. The standard InChI is InChI=1S/C32H56N6O3/c1-25(29(2,3)4)16-12-14-19-37-22-26(33-35-37)24-41-31(8,9)18-21-40-32(10,11)27-23-38(36-34-27)20-15-13-17-28(39)30(5,6)7/h22-23H,1,12-21,24H2,2-11H3. The van der Waals surface area contributed by atoms with Gasteiger partial charge in [-0.3, -0.25) is 14.2 Å². The third-order valence-electron chi connectivity index (χ3n) is 7.57. The molecule has 0 radical (unpaired) electrons. The molecule has 0 aromatic carbocycles. The summed E-state index contributed by atoms with van der Waals surface area (Å²) in [6, 6.07) is 0. The molecule has 0 aliphatic heterocycles. The quantitative estimate of drug-likeness (QED) is 0.139. The molecule has 2 aromatic rings. The van der Waals surface area contributed by atoms with Gasteiger partial charge in [0.15, 0.2) is 0 Å². The molecule has 2 aromatic heterocycles. The van der Waals surface area contributed by atoms with E-state index in [1.54, 1.807) is 0 Å². The Balaban J connectivity index is 1.70. The molecule has 0 aliphatic carbocycles. The van der Waals surface area contributed by atoms with E-state index in [1.165, 1.54) is 5.57 Å². The molecule has 0 N–H and O–H groups in total. The van der Waals surface area contributed by atoms with Gasteiger partial charge < -0.3 is 9.47 Å². The summed E-state index contributed by atoms with van der Waals surface area (Å²) in [6.07, 6.45) is 10.2. The highest BCUT2D eigenvalue weighted by Gasteiger charge is 2.27. The van der Waals surface area contributed by atoms with Crippen molar-refractivity contribution < 1.29 is 14.3 Å². The van der Waals surface area contributed by atoms with Crippen molar-refractivity contribution in [3.63, 3.8) is 0 Å². The lowest BCUT2D eigenvalue weighted by atomic mass is 9.85. The molecule has 9 nitrogen and oxygen atoms in total. The van der Waals surface area contributed by atoms with Gasteiger partial charge in [-0.2, -0.15) is 0 Å². The SMILES string of the molecule is C=C(CCCCn1cc(COC(C)(C)CCOC(C)(C)c2cn(CCCCC(=O)C(C)(C)C)nn2)nn1)C(C)(C)C. The molecule has 41 heavy (non-hydrogen) atoms. The van der Waals surface area contributed by atoms with E-state index in [9.17, 15) is 4.79 Å². The van der Waals surface area contributed by atoms with E-state index in [4.69, 9.17) is 9.47 Å². The maximum absolute atomic E-state index is 12.1. The van der Waals surface area contributed by atoms with Crippen LogP contribution in [0.3, 0.4) is 0 Å². The van der Waals surface area contributed by atoms with Gasteiger partial charge in [0.05, 0.1) is 31.2 Å². The van der Waals surface area contributed by atoms with Crippen LogP contribution in [-0.4, -0.2) is 48.0 Å². The summed E-state index contributed by atoms with van der Waals surface area (Å²) < 4.78 is 16.1. The van der Waals surface area contributed by atoms with Gasteiger partial charge >= 0.3 is 0 Å². The molecule has 0 bridgehead atoms. The van der Waals surface area contributed by atoms with Gasteiger partial charge in [0.25, 0.3) is 0 Å². The van der Waals surface area contributed by atoms with E-state index in [-0.39, 0.29) is 16.4 Å². The molecule has 0 atom stereocenters. The van der Waals surface area contributed by atoms with Crippen molar-refractivity contribution >= 4 is 5.78 Å². The number of ketones is 1. The van der Waals surface area contributed by atoms with Gasteiger partial charge in [-0.05, 0) is 71.6 Å². The maximum atomic E-state index is 12.1. The number of ether oxygens (including phenoxy) is 2. The van der Waals surface area contributed by atoms with Crippen LogP contribution in [0.5, 0.6) is 0 Å². The largest absolute Gasteiger partial charge is 0.369 e. The van der Waals surface area contributed by atoms with Gasteiger partial charge in [-0.15, -0.1) is 10.2 Å². The number of aromatic nitrogens is 6. The van der Waals surface area contributed by atoms with Gasteiger partial charge in [0.1, 0.15) is 22.8 Å². The molecular weight excluding hydrogens is 516 g/mol. The molecule has 0 saturated heterocycles. The fourth-order valence-electron chi connectivity index (χ4n) is 4.09. The summed E-state index contributed by atoms with van der Waals surface area (Å²) in [7, 11) is 0. The zero-order valence-electron chi connectivity index (χ0n) is 27.5. The predicted octanol–water partition coefficient (Wildman–Crippen LogP) is 7.06. The number of Topliss-reactive ketones (excluding diaryl/α,β-unsaturated/α-hetero) is 1. The minimum absolute atomic E-state index is 0.168. The first-order valence-corrected chi connectivity index (χ1v) is 15.2. The number of carbonyl (C=O) groups excluding carboxylic acids is 1. The summed E-state index contributed by atoms with van der Waals surface area (Å²) in [6.45, 7) is 27.4. The lowest BCUT2D eigenvalue weighted by Gasteiger charge is -2.28. The van der Waals surface area contributed by atoms with Crippen molar-refractivity contribution in [1.29, 1.82) is 0 Å². The molecule has 0 unspecified atom stereocenters. The van der Waals surface area contributed by atoms with Gasteiger partial charge in [0.2, 0.25) is 0 Å². The van der Waals surface area contributed by atoms with Gasteiger partial charge in [-0.1, -0.05) is 64.1 Å². The van der Waals surface area contributed by atoms with Gasteiger partial charge in [-0.25, -0.2) is 0 Å². The summed E-state index contributed by atoms with van der Waals surface area (Å²) in [5, 5.41) is 17.2. The van der Waals surface area contributed by atoms with Crippen LogP contribution in [0.25, 0.3) is 0 Å². The maximum Gasteiger partial charge on any atom is 0.138 e. The fraction of sp³-hybridized carbons (Fsp3) is 0.781. The van der Waals surface area contributed by atoms with E-state index in [2.05, 4.69) is 61.8 Å². The topological polar surface area (TPSA) is 97.0 Å². The highest BCUT2D eigenvalue weighted by atomic mass is 16.5. The molecule has 9 heteroatoms. The third kappa shape index (κ3) is 12.6. The molecule has 0 aliphatic rings. The van der Waals surface area contributed by atoms with Crippen molar-refractivity contribution in [2.45, 2.75) is 145 Å². The average molecular weight is 573 g/mol. The van der Waals surface area contributed by atoms with Crippen molar-refractivity contribution in [1.82, 2.24) is 30.0 Å². The minimum Gasteiger partial charge on any atom is -0.369 e. The number of aryl methyl sites for hydroxylation is 2. The van der Waals surface area contributed by atoms with Crippen molar-refractivity contribution in [2.24, 2.45) is 10.8 Å². The predicted molar refractivity (Wildman–Crippen MR) is 163 cm³/mol. The molecular formula is C32H56N6O3. The van der Waals surface area contributed by atoms with Gasteiger partial charge in [0, 0.05) is 24.9 Å². The van der Waals surface area contributed by atoms with Crippen molar-refractivity contribution in [3.05, 3.63) is 35.9 Å². The van der Waals surface area contributed by atoms with Crippen molar-refractivity contribution in [3.8, 4) is 0 Å². The minimum atomic E-state index is -0.571. The van der Waals surface area contributed by atoms with Crippen LogP contribution in [-0.2, 0) is 39.6 Å². The molecule has 0 spiro atoms. The summed E-state index contributed by atoms with van der Waals surface area (Å²) in [5.41, 5.74) is 1.86. The monoisotopic (exact) mass is 572 g/mol. The second kappa shape index (κ2) is 14.7. The van der Waals surface area contributed by atoms with E-state index in [1.807, 2.05) is 56.4 Å². The number of rotatable bonds is 18. The Kier molecular flexibility index (Phi) is 12.5. The number of allylic oxidation sites excluding steroid dienone is 1. The number of unbranched alkanes of at least 4 members (excludes halogenated alkanes) is 2. The second-order valence-electron chi connectivity index (χ2n) is 14.4. The average Bonchev–Trinajstić information content (AvgIpc) is 3.52. The smallest absolute Gasteiger partial charge is 0.138 e. The Labute approximate surface area is 248 Å². The Bertz CT molecular complexity index is 1100. The summed E-state index contributed by atoms with van der Waals surface area (Å²) in [4.78, 5) is 12.1. The van der Waals surface area contributed by atoms with Crippen LogP contribution in [0.1, 0.15) is 126 Å². The van der Waals surface area contributed by atoms with Crippen LogP contribution in [0.2, 0.25) is 0 Å². The van der Waals surface area contributed by atoms with Crippen molar-refractivity contribution in [2.75, 3.05) is 6.61 Å². The van der Waals surface area contributed by atoms with Crippen LogP contribution >= 0.6 is 0 Å². The number of hydrogen-bond acceptors (Lipinski definition) is 7. The van der Waals surface area contributed by atoms with E-state index in [0.717, 1.165) is 63.0 Å². The number of carbonyl (C=O) groups is 1. The lowest BCUT2D eigenvalue weighted by Crippen LogP contribution is -2.30. The molecule has 2 rings (SSSR count). The zero-order valence-corrected chi connectivity index (χ0v) is 27.5. The van der Waals surface area contributed by atoms with Crippen LogP contribution < -0.4 is 0 Å². The first-order valence-electron chi connectivity index (χ1n) is 15.2. The fourth-order valence-corrected chi connectivity index (χ4v) is 4.09. The lowest BCUT2D eigenvalue weighted by molar-refractivity contribution is -0.126. The van der Waals surface area contributed by atoms with Crippen LogP contribution in [0.15, 0.2) is 24.5 Å². The second-order valence-corrected chi connectivity index (χ2v) is 14.4. The van der Waals surface area contributed by atoms with Crippen LogP contribution in [0.4, 0.5) is 0 Å². The highest BCUT2D eigenvalue weighted by molar-refractivity contribution is 5.83. The summed E-state index contributed by atoms with van der Waals surface area (Å²) in [5.74, 6) is 0.300. The zero-order chi connectivity index (χ0) is 30.9. The number of hydrogen-bond donors (Lipinski definition) is 0. The highest BCUT2D eigenvalue weighted by Crippen LogP contribution is 2.28. The Morgan fingerprint density at radius 3 is 1.98 bits per heavy atom. The Morgan fingerprint density at radius 2 is 1.37 bits per heavy atom. The molecule has 232 valence electrons.